The monoisotopic (exact) mass is 353 g/mol. The maximum Gasteiger partial charge on any atom is 0.251 e. The molecule has 138 valence electrons. The Kier molecular flexibility index (Phi) is 8.36. The molecule has 2 aromatic carbocycles. The molecule has 2 N–H and O–H groups in total. The van der Waals surface area contributed by atoms with Crippen LogP contribution in [0.4, 0.5) is 0 Å². The minimum atomic E-state index is -0.152. The average molecular weight is 353 g/mol. The lowest BCUT2D eigenvalue weighted by atomic mass is 10.2. The predicted molar refractivity (Wildman–Crippen MR) is 104 cm³/mol. The van der Waals surface area contributed by atoms with E-state index >= 15 is 0 Å². The third-order valence-corrected chi connectivity index (χ3v) is 4.01. The maximum absolute atomic E-state index is 11.9. The summed E-state index contributed by atoms with van der Waals surface area (Å²) in [5, 5.41) is 5.66. The first kappa shape index (κ1) is 19.7. The van der Waals surface area contributed by atoms with Crippen molar-refractivity contribution < 1.29 is 9.59 Å². The minimum Gasteiger partial charge on any atom is -0.356 e. The third kappa shape index (κ3) is 7.49. The molecule has 0 aliphatic heterocycles. The van der Waals surface area contributed by atoms with Crippen LogP contribution in [-0.4, -0.2) is 43.4 Å². The van der Waals surface area contributed by atoms with Gasteiger partial charge < -0.3 is 15.5 Å². The number of amides is 2. The molecule has 0 radical (unpaired) electrons. The van der Waals surface area contributed by atoms with Gasteiger partial charge in [-0.1, -0.05) is 48.5 Å². The summed E-state index contributed by atoms with van der Waals surface area (Å²) in [6, 6.07) is 19.3. The molecule has 0 aliphatic rings. The van der Waals surface area contributed by atoms with Crippen molar-refractivity contribution in [2.24, 2.45) is 0 Å². The normalized spacial score (nSPS) is 10.5. The Morgan fingerprint density at radius 3 is 2.23 bits per heavy atom. The van der Waals surface area contributed by atoms with Gasteiger partial charge in [0.15, 0.2) is 0 Å². The number of carbonyl (C=O) groups is 2. The van der Waals surface area contributed by atoms with Crippen LogP contribution in [-0.2, 0) is 11.3 Å². The van der Waals surface area contributed by atoms with Gasteiger partial charge in [-0.2, -0.15) is 0 Å². The molecule has 0 spiro atoms. The van der Waals surface area contributed by atoms with Crippen LogP contribution in [0, 0.1) is 0 Å². The summed E-state index contributed by atoms with van der Waals surface area (Å²) >= 11 is 0. The zero-order chi connectivity index (χ0) is 18.6. The van der Waals surface area contributed by atoms with E-state index in [2.05, 4.69) is 34.7 Å². The fourth-order valence-corrected chi connectivity index (χ4v) is 2.62. The molecule has 26 heavy (non-hydrogen) atoms. The Hall–Kier alpha value is -2.66. The molecule has 0 saturated heterocycles. The van der Waals surface area contributed by atoms with E-state index in [4.69, 9.17) is 0 Å². The van der Waals surface area contributed by atoms with Crippen molar-refractivity contribution in [3.8, 4) is 0 Å². The number of hydrogen-bond donors (Lipinski definition) is 2. The largest absolute Gasteiger partial charge is 0.356 e. The first-order valence-electron chi connectivity index (χ1n) is 8.97. The van der Waals surface area contributed by atoms with Crippen molar-refractivity contribution in [2.75, 3.05) is 26.7 Å². The number of nitrogens with zero attached hydrogens (tertiary/aromatic N) is 1. The molecule has 5 heteroatoms. The van der Waals surface area contributed by atoms with Gasteiger partial charge in [-0.25, -0.2) is 0 Å². The Balaban J connectivity index is 1.53. The number of nitrogens with one attached hydrogen (secondary N) is 2. The van der Waals surface area contributed by atoms with Gasteiger partial charge in [0.2, 0.25) is 5.91 Å². The number of hydrogen-bond acceptors (Lipinski definition) is 3. The van der Waals surface area contributed by atoms with Crippen LogP contribution in [0.1, 0.15) is 28.8 Å². The van der Waals surface area contributed by atoms with Crippen molar-refractivity contribution >= 4 is 11.8 Å². The minimum absolute atomic E-state index is 0.0379. The Labute approximate surface area is 155 Å². The third-order valence-electron chi connectivity index (χ3n) is 4.01. The van der Waals surface area contributed by atoms with E-state index < -0.39 is 0 Å². The van der Waals surface area contributed by atoms with Gasteiger partial charge in [0.05, 0.1) is 0 Å². The summed E-state index contributed by atoms with van der Waals surface area (Å²) < 4.78 is 0. The second-order valence-corrected chi connectivity index (χ2v) is 6.30. The molecule has 0 fully saturated rings. The van der Waals surface area contributed by atoms with Crippen LogP contribution in [0.3, 0.4) is 0 Å². The van der Waals surface area contributed by atoms with Crippen LogP contribution in [0.25, 0.3) is 0 Å². The highest BCUT2D eigenvalue weighted by Gasteiger charge is 2.06. The molecule has 0 unspecified atom stereocenters. The van der Waals surface area contributed by atoms with Crippen molar-refractivity contribution in [3.63, 3.8) is 0 Å². The fourth-order valence-electron chi connectivity index (χ4n) is 2.62. The first-order valence-corrected chi connectivity index (χ1v) is 8.97. The van der Waals surface area contributed by atoms with E-state index in [1.165, 1.54) is 5.56 Å². The van der Waals surface area contributed by atoms with Crippen molar-refractivity contribution in [3.05, 3.63) is 71.8 Å². The summed E-state index contributed by atoms with van der Waals surface area (Å²) in [5.41, 5.74) is 1.89. The summed E-state index contributed by atoms with van der Waals surface area (Å²) in [6.07, 6.45) is 1.18. The second kappa shape index (κ2) is 11.1. The zero-order valence-electron chi connectivity index (χ0n) is 15.3. The lowest BCUT2D eigenvalue weighted by Crippen LogP contribution is -2.32. The van der Waals surface area contributed by atoms with Gasteiger partial charge >= 0.3 is 0 Å². The van der Waals surface area contributed by atoms with E-state index in [-0.39, 0.29) is 11.8 Å². The van der Waals surface area contributed by atoms with Crippen LogP contribution < -0.4 is 10.6 Å². The molecule has 0 saturated carbocycles. The SMILES string of the molecule is CN(CCCNC(=O)CCNC(=O)c1ccccc1)Cc1ccccc1. The number of rotatable bonds is 10. The highest BCUT2D eigenvalue weighted by molar-refractivity contribution is 5.94. The standard InChI is InChI=1S/C21H27N3O2/c1-24(17-18-9-4-2-5-10-18)16-8-14-22-20(25)13-15-23-21(26)19-11-6-3-7-12-19/h2-7,9-12H,8,13-17H2,1H3,(H,22,25)(H,23,26). The van der Waals surface area contributed by atoms with Gasteiger partial charge in [0, 0.05) is 31.6 Å². The van der Waals surface area contributed by atoms with E-state index in [1.807, 2.05) is 36.4 Å². The van der Waals surface area contributed by atoms with Gasteiger partial charge in [-0.3, -0.25) is 9.59 Å². The van der Waals surface area contributed by atoms with Crippen molar-refractivity contribution in [1.82, 2.24) is 15.5 Å². The molecule has 5 nitrogen and oxygen atoms in total. The molecule has 2 aromatic rings. The van der Waals surface area contributed by atoms with Crippen molar-refractivity contribution in [1.29, 1.82) is 0 Å². The highest BCUT2D eigenvalue weighted by Crippen LogP contribution is 2.02. The van der Waals surface area contributed by atoms with Gasteiger partial charge in [0.25, 0.3) is 5.91 Å². The number of benzene rings is 2. The van der Waals surface area contributed by atoms with Crippen LogP contribution in [0.2, 0.25) is 0 Å². The molecule has 2 amide bonds. The van der Waals surface area contributed by atoms with E-state index in [0.717, 1.165) is 19.5 Å². The molecule has 0 heterocycles. The molecule has 0 aliphatic carbocycles. The van der Waals surface area contributed by atoms with Gasteiger partial charge in [-0.15, -0.1) is 0 Å². The summed E-state index contributed by atoms with van der Waals surface area (Å²) in [6.45, 7) is 2.80. The van der Waals surface area contributed by atoms with Crippen LogP contribution in [0.5, 0.6) is 0 Å². The molecular formula is C21H27N3O2. The summed E-state index contributed by atoms with van der Waals surface area (Å²) in [5.74, 6) is -0.190. The van der Waals surface area contributed by atoms with Gasteiger partial charge in [0.1, 0.15) is 0 Å². The molecule has 0 bridgehead atoms. The first-order chi connectivity index (χ1) is 12.6. The lowest BCUT2D eigenvalue weighted by Gasteiger charge is -2.16. The van der Waals surface area contributed by atoms with Crippen LogP contribution in [0.15, 0.2) is 60.7 Å². The number of carbonyl (C=O) groups excluding carboxylic acids is 2. The van der Waals surface area contributed by atoms with Crippen molar-refractivity contribution in [2.45, 2.75) is 19.4 Å². The maximum atomic E-state index is 11.9. The van der Waals surface area contributed by atoms with E-state index in [1.54, 1.807) is 12.1 Å². The zero-order valence-corrected chi connectivity index (χ0v) is 15.3. The Bertz CT molecular complexity index is 674. The Morgan fingerprint density at radius 2 is 1.54 bits per heavy atom. The quantitative estimate of drug-likeness (QED) is 0.645. The summed E-state index contributed by atoms with van der Waals surface area (Å²) in [4.78, 5) is 25.9. The Morgan fingerprint density at radius 1 is 0.885 bits per heavy atom. The smallest absolute Gasteiger partial charge is 0.251 e. The topological polar surface area (TPSA) is 61.4 Å². The highest BCUT2D eigenvalue weighted by atomic mass is 16.2. The fraction of sp³-hybridized carbons (Fsp3) is 0.333. The molecular weight excluding hydrogens is 326 g/mol. The van der Waals surface area contributed by atoms with Crippen LogP contribution >= 0.6 is 0 Å². The van der Waals surface area contributed by atoms with Gasteiger partial charge in [-0.05, 0) is 37.7 Å². The summed E-state index contributed by atoms with van der Waals surface area (Å²) in [7, 11) is 2.08. The molecule has 0 atom stereocenters. The predicted octanol–water partition coefficient (Wildman–Crippen LogP) is 2.44. The van der Waals surface area contributed by atoms with E-state index in [0.29, 0.717) is 25.1 Å². The van der Waals surface area contributed by atoms with E-state index in [9.17, 15) is 9.59 Å². The lowest BCUT2D eigenvalue weighted by molar-refractivity contribution is -0.120. The molecule has 2 rings (SSSR count). The molecule has 0 aromatic heterocycles. The second-order valence-electron chi connectivity index (χ2n) is 6.30. The average Bonchev–Trinajstić information content (AvgIpc) is 2.66.